The Kier molecular flexibility index (Phi) is 5.32. The molecule has 1 fully saturated rings. The van der Waals surface area contributed by atoms with Crippen LogP contribution in [0.5, 0.6) is 0 Å². The summed E-state index contributed by atoms with van der Waals surface area (Å²) in [5.74, 6) is 0.800. The van der Waals surface area contributed by atoms with Crippen molar-refractivity contribution in [1.82, 2.24) is 25.1 Å². The van der Waals surface area contributed by atoms with Crippen molar-refractivity contribution in [1.29, 1.82) is 0 Å². The van der Waals surface area contributed by atoms with Gasteiger partial charge in [0.15, 0.2) is 9.84 Å². The third kappa shape index (κ3) is 4.98. The molecule has 0 spiro atoms. The third-order valence-electron chi connectivity index (χ3n) is 4.13. The zero-order valence-electron chi connectivity index (χ0n) is 14.9. The number of hydrogen-bond donors (Lipinski definition) is 2. The largest absolute Gasteiger partial charge is 0.416 e. The van der Waals surface area contributed by atoms with Crippen LogP contribution in [0.15, 0.2) is 33.9 Å². The highest BCUT2D eigenvalue weighted by Gasteiger charge is 2.32. The summed E-state index contributed by atoms with van der Waals surface area (Å²) < 4.78 is 41.8. The first-order valence-electron chi connectivity index (χ1n) is 8.56. The lowest BCUT2D eigenvalue weighted by molar-refractivity contribution is 0.393. The predicted octanol–water partition coefficient (Wildman–Crippen LogP) is 1.91. The number of nitrogens with zero attached hydrogens (tertiary/aromatic N) is 5. The lowest BCUT2D eigenvalue weighted by Gasteiger charge is -2.06. The molecule has 152 valence electrons. The molecule has 4 rings (SSSR count). The van der Waals surface area contributed by atoms with Gasteiger partial charge in [0.1, 0.15) is 11.6 Å². The average Bonchev–Trinajstić information content (AvgIpc) is 3.28. The van der Waals surface area contributed by atoms with Gasteiger partial charge in [0.2, 0.25) is 17.8 Å². The van der Waals surface area contributed by atoms with E-state index in [-0.39, 0.29) is 46.1 Å². The molecule has 13 heteroatoms. The van der Waals surface area contributed by atoms with Crippen LogP contribution in [-0.2, 0) is 15.6 Å². The molecule has 0 radical (unpaired) electrons. The molecule has 3 aromatic rings. The predicted molar refractivity (Wildman–Crippen MR) is 104 cm³/mol. The second-order valence-electron chi connectivity index (χ2n) is 6.36. The molecular weight excluding hydrogens is 421 g/mol. The summed E-state index contributed by atoms with van der Waals surface area (Å²) in [5.41, 5.74) is 6.34. The zero-order valence-corrected chi connectivity index (χ0v) is 16.6. The highest BCUT2D eigenvalue weighted by Crippen LogP contribution is 2.30. The lowest BCUT2D eigenvalue weighted by Crippen LogP contribution is -2.06. The maximum atomic E-state index is 13.0. The van der Waals surface area contributed by atoms with Crippen molar-refractivity contribution >= 4 is 39.2 Å². The van der Waals surface area contributed by atoms with Gasteiger partial charge in [0.05, 0.1) is 23.2 Å². The molecule has 0 bridgehead atoms. The van der Waals surface area contributed by atoms with Crippen LogP contribution in [0.25, 0.3) is 0 Å². The molecule has 1 aromatic carbocycles. The number of thioether (sulfide) groups is 1. The second-order valence-corrected chi connectivity index (χ2v) is 9.52. The van der Waals surface area contributed by atoms with Crippen molar-refractivity contribution in [3.63, 3.8) is 0 Å². The maximum Gasteiger partial charge on any atom is 0.277 e. The van der Waals surface area contributed by atoms with Crippen LogP contribution >= 0.6 is 11.8 Å². The van der Waals surface area contributed by atoms with Crippen LogP contribution in [-0.4, -0.2) is 45.1 Å². The van der Waals surface area contributed by atoms with Crippen molar-refractivity contribution in [2.24, 2.45) is 0 Å². The van der Waals surface area contributed by atoms with Crippen molar-refractivity contribution in [2.45, 2.75) is 23.3 Å². The van der Waals surface area contributed by atoms with E-state index in [0.29, 0.717) is 23.8 Å². The number of halogens is 1. The van der Waals surface area contributed by atoms with Crippen LogP contribution in [0.2, 0.25) is 0 Å². The quantitative estimate of drug-likeness (QED) is 0.544. The lowest BCUT2D eigenvalue weighted by atomic mass is 10.1. The van der Waals surface area contributed by atoms with Gasteiger partial charge in [0.25, 0.3) is 5.22 Å². The molecule has 0 aliphatic carbocycles. The summed E-state index contributed by atoms with van der Waals surface area (Å²) in [6.07, 6.45) is 0.483. The number of nitrogens with two attached hydrogens (primary N) is 1. The zero-order chi connectivity index (χ0) is 20.4. The van der Waals surface area contributed by atoms with Crippen LogP contribution in [0, 0.1) is 5.82 Å². The maximum absolute atomic E-state index is 13.0. The molecule has 3 N–H and O–H groups in total. The standard InChI is InChI=1S/C16H16FN7O3S2/c17-10-1-3-11(4-2-10)19-15-21-12(20-14(18)22-15)7-28-16-24-23-13(27-16)9-5-6-29(25,26)8-9/h1-4,9H,5-8H2,(H3,18,19,20,21,22)/t9-/m1/s1. The summed E-state index contributed by atoms with van der Waals surface area (Å²) in [6.45, 7) is 0. The molecule has 1 saturated heterocycles. The van der Waals surface area contributed by atoms with Crippen molar-refractivity contribution in [3.05, 3.63) is 41.8 Å². The first-order chi connectivity index (χ1) is 13.9. The number of anilines is 3. The van der Waals surface area contributed by atoms with Crippen molar-refractivity contribution in [3.8, 4) is 0 Å². The number of nitrogen functional groups attached to an aromatic ring is 1. The topological polar surface area (TPSA) is 150 Å². The summed E-state index contributed by atoms with van der Waals surface area (Å²) in [4.78, 5) is 12.4. The molecule has 0 amide bonds. The highest BCUT2D eigenvalue weighted by atomic mass is 32.2. The van der Waals surface area contributed by atoms with E-state index in [1.165, 1.54) is 23.9 Å². The Labute approximate surface area is 169 Å². The van der Waals surface area contributed by atoms with Gasteiger partial charge < -0.3 is 15.5 Å². The van der Waals surface area contributed by atoms with Gasteiger partial charge in [-0.25, -0.2) is 12.8 Å². The Morgan fingerprint density at radius 2 is 2.00 bits per heavy atom. The number of nitrogens with one attached hydrogen (secondary N) is 1. The van der Waals surface area contributed by atoms with Gasteiger partial charge in [-0.1, -0.05) is 11.8 Å². The number of hydrogen-bond acceptors (Lipinski definition) is 11. The Morgan fingerprint density at radius 3 is 2.72 bits per heavy atom. The van der Waals surface area contributed by atoms with Crippen molar-refractivity contribution in [2.75, 3.05) is 22.6 Å². The molecule has 3 heterocycles. The minimum absolute atomic E-state index is 0.0295. The molecule has 0 saturated carbocycles. The molecule has 29 heavy (non-hydrogen) atoms. The number of sulfone groups is 1. The minimum atomic E-state index is -3.03. The van der Waals surface area contributed by atoms with Gasteiger partial charge in [-0.05, 0) is 30.7 Å². The van der Waals surface area contributed by atoms with Crippen LogP contribution in [0.3, 0.4) is 0 Å². The summed E-state index contributed by atoms with van der Waals surface area (Å²) in [7, 11) is -3.03. The molecule has 1 aliphatic rings. The first kappa shape index (κ1) is 19.5. The molecule has 1 aliphatic heterocycles. The fraction of sp³-hybridized carbons (Fsp3) is 0.312. The van der Waals surface area contributed by atoms with E-state index in [9.17, 15) is 12.8 Å². The SMILES string of the molecule is Nc1nc(CSc2nnc([C@@H]3CCS(=O)(=O)C3)o2)nc(Nc2ccc(F)cc2)n1. The molecular formula is C16H16FN7O3S2. The van der Waals surface area contributed by atoms with E-state index < -0.39 is 9.84 Å². The van der Waals surface area contributed by atoms with E-state index in [1.807, 2.05) is 0 Å². The Bertz CT molecular complexity index is 1120. The smallest absolute Gasteiger partial charge is 0.277 e. The van der Waals surface area contributed by atoms with E-state index in [0.717, 1.165) is 0 Å². The van der Waals surface area contributed by atoms with Gasteiger partial charge in [0, 0.05) is 5.69 Å². The van der Waals surface area contributed by atoms with Crippen LogP contribution < -0.4 is 11.1 Å². The van der Waals surface area contributed by atoms with E-state index in [2.05, 4.69) is 30.5 Å². The van der Waals surface area contributed by atoms with Gasteiger partial charge in [-0.3, -0.25) is 0 Å². The van der Waals surface area contributed by atoms with E-state index in [1.54, 1.807) is 12.1 Å². The highest BCUT2D eigenvalue weighted by molar-refractivity contribution is 7.98. The fourth-order valence-electron chi connectivity index (χ4n) is 2.78. The van der Waals surface area contributed by atoms with Crippen LogP contribution in [0.4, 0.5) is 22.0 Å². The first-order valence-corrected chi connectivity index (χ1v) is 11.4. The van der Waals surface area contributed by atoms with Gasteiger partial charge in [-0.2, -0.15) is 15.0 Å². The van der Waals surface area contributed by atoms with Gasteiger partial charge >= 0.3 is 0 Å². The molecule has 2 aromatic heterocycles. The van der Waals surface area contributed by atoms with E-state index in [4.69, 9.17) is 10.2 Å². The summed E-state index contributed by atoms with van der Waals surface area (Å²) >= 11 is 1.20. The average molecular weight is 437 g/mol. The Balaban J connectivity index is 1.41. The number of rotatable bonds is 6. The van der Waals surface area contributed by atoms with Gasteiger partial charge in [-0.15, -0.1) is 10.2 Å². The van der Waals surface area contributed by atoms with Crippen molar-refractivity contribution < 1.29 is 17.2 Å². The Hall–Kier alpha value is -2.80. The monoisotopic (exact) mass is 437 g/mol. The molecule has 1 atom stereocenters. The van der Waals surface area contributed by atoms with E-state index >= 15 is 0 Å². The molecule has 0 unspecified atom stereocenters. The third-order valence-corrected chi connectivity index (χ3v) is 6.71. The minimum Gasteiger partial charge on any atom is -0.416 e. The summed E-state index contributed by atoms with van der Waals surface area (Å²) in [5, 5.41) is 11.1. The Morgan fingerprint density at radius 1 is 1.21 bits per heavy atom. The molecule has 10 nitrogen and oxygen atoms in total. The number of aromatic nitrogens is 5. The number of benzene rings is 1. The second kappa shape index (κ2) is 7.91. The fourth-order valence-corrected chi connectivity index (χ4v) is 5.14. The summed E-state index contributed by atoms with van der Waals surface area (Å²) in [6, 6.07) is 5.72. The van der Waals surface area contributed by atoms with Crippen LogP contribution in [0.1, 0.15) is 24.1 Å². The normalized spacial score (nSPS) is 18.0.